The van der Waals surface area contributed by atoms with E-state index in [1.807, 2.05) is 0 Å². The number of esters is 1. The first kappa shape index (κ1) is 18.9. The molecule has 0 bridgehead atoms. The lowest BCUT2D eigenvalue weighted by Crippen LogP contribution is -2.31. The van der Waals surface area contributed by atoms with Crippen LogP contribution >= 0.6 is 15.9 Å². The van der Waals surface area contributed by atoms with E-state index in [4.69, 9.17) is 4.74 Å². The van der Waals surface area contributed by atoms with E-state index in [0.717, 1.165) is 18.2 Å². The number of aromatic nitrogens is 2. The average molecular weight is 446 g/mol. The summed E-state index contributed by atoms with van der Waals surface area (Å²) in [4.78, 5) is 39.1. The highest BCUT2D eigenvalue weighted by Crippen LogP contribution is 2.37. The summed E-state index contributed by atoms with van der Waals surface area (Å²) in [7, 11) is 0. The predicted octanol–water partition coefficient (Wildman–Crippen LogP) is 3.67. The van der Waals surface area contributed by atoms with E-state index in [0.29, 0.717) is 39.8 Å². The molecule has 0 unspecified atom stereocenters. The van der Waals surface area contributed by atoms with Crippen molar-refractivity contribution >= 4 is 50.3 Å². The number of amides is 2. The van der Waals surface area contributed by atoms with Crippen LogP contribution in [0.15, 0.2) is 33.9 Å². The number of carbonyl (C=O) groups is 3. The van der Waals surface area contributed by atoms with Gasteiger partial charge in [-0.05, 0) is 73.7 Å². The number of halogens is 1. The fourth-order valence-corrected chi connectivity index (χ4v) is 4.36. The van der Waals surface area contributed by atoms with Crippen LogP contribution in [0.2, 0.25) is 0 Å². The molecule has 2 amide bonds. The Balaban J connectivity index is 1.76. The first-order chi connectivity index (χ1) is 13.4. The van der Waals surface area contributed by atoms with Gasteiger partial charge < -0.3 is 4.74 Å². The van der Waals surface area contributed by atoms with Crippen molar-refractivity contribution in [2.75, 3.05) is 11.5 Å². The van der Waals surface area contributed by atoms with Crippen LogP contribution in [0, 0.1) is 0 Å². The molecule has 1 aliphatic heterocycles. The van der Waals surface area contributed by atoms with Gasteiger partial charge in [0.05, 0.1) is 17.8 Å². The van der Waals surface area contributed by atoms with Crippen molar-refractivity contribution in [2.24, 2.45) is 0 Å². The maximum absolute atomic E-state index is 12.8. The van der Waals surface area contributed by atoms with E-state index < -0.39 is 12.0 Å². The van der Waals surface area contributed by atoms with E-state index in [2.05, 4.69) is 21.0 Å². The first-order valence-corrected chi connectivity index (χ1v) is 10.2. The zero-order valence-electron chi connectivity index (χ0n) is 15.7. The SMILES string of the molecule is CCOC(=O)[C@@H](C)n1nc(Br)c2ccc(N3C(=O)C4=C(CCCC4)C3=O)cc21. The van der Waals surface area contributed by atoms with E-state index in [1.165, 1.54) is 4.90 Å². The number of ether oxygens (including phenoxy) is 1. The quantitative estimate of drug-likeness (QED) is 0.529. The molecule has 146 valence electrons. The molecular weight excluding hydrogens is 426 g/mol. The Hall–Kier alpha value is -2.48. The highest BCUT2D eigenvalue weighted by atomic mass is 79.9. The number of rotatable bonds is 4. The summed E-state index contributed by atoms with van der Waals surface area (Å²) in [6.45, 7) is 3.73. The second-order valence-corrected chi connectivity index (χ2v) is 7.73. The minimum Gasteiger partial charge on any atom is -0.464 e. The molecule has 0 fully saturated rings. The lowest BCUT2D eigenvalue weighted by Gasteiger charge is -2.16. The highest BCUT2D eigenvalue weighted by Gasteiger charge is 2.39. The summed E-state index contributed by atoms with van der Waals surface area (Å²) in [6.07, 6.45) is 3.17. The third-order valence-electron chi connectivity index (χ3n) is 5.29. The van der Waals surface area contributed by atoms with Crippen LogP contribution < -0.4 is 4.90 Å². The molecule has 1 aromatic heterocycles. The van der Waals surface area contributed by atoms with Gasteiger partial charge in [0.25, 0.3) is 11.8 Å². The predicted molar refractivity (Wildman–Crippen MR) is 107 cm³/mol. The number of hydrogen-bond donors (Lipinski definition) is 0. The maximum Gasteiger partial charge on any atom is 0.330 e. The summed E-state index contributed by atoms with van der Waals surface area (Å²) in [5.74, 6) is -0.861. The van der Waals surface area contributed by atoms with Gasteiger partial charge in [-0.2, -0.15) is 5.10 Å². The van der Waals surface area contributed by atoms with Crippen LogP contribution in [0.4, 0.5) is 5.69 Å². The standard InChI is InChI=1S/C20H20BrN3O4/c1-3-28-20(27)11(2)24-16-10-12(8-9-15(16)17(21)22-24)23-18(25)13-6-4-5-7-14(13)19(23)26/h8-11H,3-7H2,1-2H3/t11-/m1/s1. The van der Waals surface area contributed by atoms with Crippen molar-refractivity contribution in [1.29, 1.82) is 0 Å². The fraction of sp³-hybridized carbons (Fsp3) is 0.400. The molecule has 0 saturated carbocycles. The smallest absolute Gasteiger partial charge is 0.330 e. The van der Waals surface area contributed by atoms with Crippen LogP contribution in [0.1, 0.15) is 45.6 Å². The van der Waals surface area contributed by atoms with Gasteiger partial charge in [-0.1, -0.05) is 0 Å². The molecule has 2 heterocycles. The molecule has 0 saturated heterocycles. The number of benzene rings is 1. The van der Waals surface area contributed by atoms with Gasteiger partial charge in [0.1, 0.15) is 10.6 Å². The Morgan fingerprint density at radius 3 is 2.46 bits per heavy atom. The Morgan fingerprint density at radius 1 is 1.21 bits per heavy atom. The van der Waals surface area contributed by atoms with Crippen LogP contribution in [-0.2, 0) is 19.1 Å². The fourth-order valence-electron chi connectivity index (χ4n) is 3.86. The van der Waals surface area contributed by atoms with Crippen molar-refractivity contribution in [3.8, 4) is 0 Å². The van der Waals surface area contributed by atoms with Gasteiger partial charge in [-0.3, -0.25) is 9.59 Å². The van der Waals surface area contributed by atoms with Gasteiger partial charge >= 0.3 is 5.97 Å². The molecule has 1 aromatic carbocycles. The monoisotopic (exact) mass is 445 g/mol. The molecule has 4 rings (SSSR count). The van der Waals surface area contributed by atoms with Crippen LogP contribution in [0.25, 0.3) is 10.9 Å². The van der Waals surface area contributed by atoms with Crippen LogP contribution in [0.5, 0.6) is 0 Å². The van der Waals surface area contributed by atoms with Crippen molar-refractivity contribution < 1.29 is 19.1 Å². The largest absolute Gasteiger partial charge is 0.464 e. The average Bonchev–Trinajstić information content (AvgIpc) is 3.16. The molecule has 0 radical (unpaired) electrons. The zero-order valence-corrected chi connectivity index (χ0v) is 17.3. The van der Waals surface area contributed by atoms with E-state index in [-0.39, 0.29) is 18.4 Å². The molecule has 0 N–H and O–H groups in total. The zero-order chi connectivity index (χ0) is 20.0. The van der Waals surface area contributed by atoms with Gasteiger partial charge in [0.2, 0.25) is 0 Å². The third kappa shape index (κ3) is 2.87. The minimum atomic E-state index is -0.639. The van der Waals surface area contributed by atoms with Crippen molar-refractivity contribution in [3.05, 3.63) is 33.9 Å². The van der Waals surface area contributed by atoms with Gasteiger partial charge in [0, 0.05) is 16.5 Å². The van der Waals surface area contributed by atoms with Gasteiger partial charge in [-0.15, -0.1) is 0 Å². The Bertz CT molecular complexity index is 1010. The number of imide groups is 1. The number of anilines is 1. The summed E-state index contributed by atoms with van der Waals surface area (Å²) in [5.41, 5.74) is 2.42. The molecule has 1 atom stereocenters. The third-order valence-corrected chi connectivity index (χ3v) is 5.87. The number of fused-ring (bicyclic) bond motifs is 1. The lowest BCUT2D eigenvalue weighted by molar-refractivity contribution is -0.146. The topological polar surface area (TPSA) is 81.5 Å². The van der Waals surface area contributed by atoms with Gasteiger partial charge in [0.15, 0.2) is 0 Å². The minimum absolute atomic E-state index is 0.234. The molecule has 2 aliphatic rings. The molecule has 2 aromatic rings. The summed E-state index contributed by atoms with van der Waals surface area (Å²) in [6, 6.07) is 4.63. The maximum atomic E-state index is 12.8. The first-order valence-electron chi connectivity index (χ1n) is 9.39. The Kier molecular flexibility index (Phi) is 4.82. The summed E-state index contributed by atoms with van der Waals surface area (Å²) >= 11 is 3.42. The summed E-state index contributed by atoms with van der Waals surface area (Å²) in [5, 5.41) is 5.19. The molecule has 7 nitrogen and oxygen atoms in total. The summed E-state index contributed by atoms with van der Waals surface area (Å²) < 4.78 is 7.24. The van der Waals surface area contributed by atoms with Gasteiger partial charge in [-0.25, -0.2) is 14.4 Å². The van der Waals surface area contributed by atoms with E-state index >= 15 is 0 Å². The van der Waals surface area contributed by atoms with Crippen molar-refractivity contribution in [2.45, 2.75) is 45.6 Å². The molecule has 8 heteroatoms. The molecule has 0 spiro atoms. The van der Waals surface area contributed by atoms with E-state index in [1.54, 1.807) is 36.7 Å². The Labute approximate surface area is 170 Å². The van der Waals surface area contributed by atoms with Crippen molar-refractivity contribution in [1.82, 2.24) is 9.78 Å². The second-order valence-electron chi connectivity index (χ2n) is 6.97. The molecular formula is C20H20BrN3O4. The number of hydrogen-bond acceptors (Lipinski definition) is 5. The normalized spacial score (nSPS) is 18.0. The van der Waals surface area contributed by atoms with Crippen LogP contribution in [0.3, 0.4) is 0 Å². The van der Waals surface area contributed by atoms with Crippen molar-refractivity contribution in [3.63, 3.8) is 0 Å². The molecule has 1 aliphatic carbocycles. The lowest BCUT2D eigenvalue weighted by atomic mass is 9.93. The highest BCUT2D eigenvalue weighted by molar-refractivity contribution is 9.10. The Morgan fingerprint density at radius 2 is 1.86 bits per heavy atom. The molecule has 28 heavy (non-hydrogen) atoms. The number of carbonyl (C=O) groups excluding carboxylic acids is 3. The van der Waals surface area contributed by atoms with E-state index in [9.17, 15) is 14.4 Å². The van der Waals surface area contributed by atoms with Crippen LogP contribution in [-0.4, -0.2) is 34.2 Å². The number of nitrogens with zero attached hydrogens (tertiary/aromatic N) is 3. The second kappa shape index (κ2) is 7.16.